The summed E-state index contributed by atoms with van der Waals surface area (Å²) in [5.41, 5.74) is 6.53. The molecule has 0 aliphatic heterocycles. The van der Waals surface area contributed by atoms with E-state index in [1.807, 2.05) is 19.1 Å². The van der Waals surface area contributed by atoms with Crippen LogP contribution in [0, 0.1) is 6.92 Å². The molecule has 2 N–H and O–H groups in total. The molecule has 0 atom stereocenters. The van der Waals surface area contributed by atoms with Gasteiger partial charge in [-0.3, -0.25) is 0 Å². The molecule has 1 aromatic carbocycles. The molecule has 0 radical (unpaired) electrons. The van der Waals surface area contributed by atoms with Gasteiger partial charge in [0.2, 0.25) is 5.95 Å². The Hall–Kier alpha value is -2.43. The molecule has 0 amide bonds. The maximum atomic E-state index is 11.7. The molecule has 1 heterocycles. The number of carbonyl (C=O) groups is 1. The third kappa shape index (κ3) is 2.78. The number of aromatic nitrogens is 2. The minimum Gasteiger partial charge on any atom is -0.422 e. The van der Waals surface area contributed by atoms with Crippen LogP contribution in [0.1, 0.15) is 16.1 Å². The van der Waals surface area contributed by atoms with Crippen molar-refractivity contribution in [2.24, 2.45) is 0 Å². The standard InChI is InChI=1S/C12H11N3O2/c1-8-3-2-4-9(7-8)17-11(16)10-5-6-14-12(13)15-10/h2-7H,1H3,(H2,13,14,15). The molecule has 0 aliphatic rings. The highest BCUT2D eigenvalue weighted by atomic mass is 16.5. The number of anilines is 1. The normalized spacial score (nSPS) is 9.94. The van der Waals surface area contributed by atoms with Gasteiger partial charge in [0, 0.05) is 6.20 Å². The van der Waals surface area contributed by atoms with Crippen LogP contribution in [0.15, 0.2) is 36.5 Å². The second-order valence-electron chi connectivity index (χ2n) is 3.51. The average Bonchev–Trinajstić information content (AvgIpc) is 2.29. The zero-order valence-corrected chi connectivity index (χ0v) is 9.25. The number of nitrogens with zero attached hydrogens (tertiary/aromatic N) is 2. The molecule has 0 spiro atoms. The lowest BCUT2D eigenvalue weighted by molar-refractivity contribution is 0.0728. The van der Waals surface area contributed by atoms with Crippen LogP contribution in [-0.2, 0) is 0 Å². The Labute approximate surface area is 98.3 Å². The zero-order chi connectivity index (χ0) is 12.3. The summed E-state index contributed by atoms with van der Waals surface area (Å²) in [6.07, 6.45) is 1.41. The van der Waals surface area contributed by atoms with Gasteiger partial charge in [0.15, 0.2) is 5.69 Å². The number of esters is 1. The fourth-order valence-electron chi connectivity index (χ4n) is 1.33. The molecule has 0 unspecified atom stereocenters. The first kappa shape index (κ1) is 11.1. The first-order valence-corrected chi connectivity index (χ1v) is 5.02. The SMILES string of the molecule is Cc1cccc(OC(=O)c2ccnc(N)n2)c1. The lowest BCUT2D eigenvalue weighted by atomic mass is 10.2. The number of aryl methyl sites for hydroxylation is 1. The Balaban J connectivity index is 2.17. The molecule has 2 rings (SSSR count). The third-order valence-electron chi connectivity index (χ3n) is 2.08. The number of carbonyl (C=O) groups excluding carboxylic acids is 1. The van der Waals surface area contributed by atoms with Crippen molar-refractivity contribution in [2.75, 3.05) is 5.73 Å². The van der Waals surface area contributed by atoms with E-state index in [4.69, 9.17) is 10.5 Å². The van der Waals surface area contributed by atoms with Crippen LogP contribution >= 0.6 is 0 Å². The maximum Gasteiger partial charge on any atom is 0.362 e. The molecule has 0 aliphatic carbocycles. The minimum absolute atomic E-state index is 0.0451. The molecule has 1 aromatic heterocycles. The van der Waals surface area contributed by atoms with E-state index in [0.717, 1.165) is 5.56 Å². The molecular weight excluding hydrogens is 218 g/mol. The third-order valence-corrected chi connectivity index (χ3v) is 2.08. The zero-order valence-electron chi connectivity index (χ0n) is 9.25. The number of nitrogens with two attached hydrogens (primary N) is 1. The number of hydrogen-bond acceptors (Lipinski definition) is 5. The molecule has 5 nitrogen and oxygen atoms in total. The molecule has 0 saturated heterocycles. The van der Waals surface area contributed by atoms with Crippen LogP contribution in [0.4, 0.5) is 5.95 Å². The van der Waals surface area contributed by atoms with E-state index in [1.165, 1.54) is 12.3 Å². The summed E-state index contributed by atoms with van der Waals surface area (Å²) in [4.78, 5) is 19.2. The summed E-state index contributed by atoms with van der Waals surface area (Å²) in [6.45, 7) is 1.92. The Morgan fingerprint density at radius 2 is 2.18 bits per heavy atom. The second kappa shape index (κ2) is 4.61. The van der Waals surface area contributed by atoms with Crippen molar-refractivity contribution >= 4 is 11.9 Å². The van der Waals surface area contributed by atoms with Crippen molar-refractivity contribution in [3.8, 4) is 5.75 Å². The van der Waals surface area contributed by atoms with Crippen LogP contribution < -0.4 is 10.5 Å². The molecule has 0 bridgehead atoms. The van der Waals surface area contributed by atoms with Gasteiger partial charge in [-0.05, 0) is 30.7 Å². The van der Waals surface area contributed by atoms with E-state index < -0.39 is 5.97 Å². The summed E-state index contributed by atoms with van der Waals surface area (Å²) >= 11 is 0. The van der Waals surface area contributed by atoms with Crippen LogP contribution in [0.5, 0.6) is 5.75 Å². The molecule has 5 heteroatoms. The van der Waals surface area contributed by atoms with E-state index in [9.17, 15) is 4.79 Å². The Kier molecular flexibility index (Phi) is 3.00. The van der Waals surface area contributed by atoms with Crippen molar-refractivity contribution in [3.05, 3.63) is 47.8 Å². The number of rotatable bonds is 2. The highest BCUT2D eigenvalue weighted by molar-refractivity contribution is 5.89. The van der Waals surface area contributed by atoms with Gasteiger partial charge in [-0.15, -0.1) is 0 Å². The van der Waals surface area contributed by atoms with Crippen molar-refractivity contribution in [3.63, 3.8) is 0 Å². The molecule has 2 aromatic rings. The van der Waals surface area contributed by atoms with Crippen LogP contribution in [0.25, 0.3) is 0 Å². The fourth-order valence-corrected chi connectivity index (χ4v) is 1.33. The second-order valence-corrected chi connectivity index (χ2v) is 3.51. The predicted octanol–water partition coefficient (Wildman–Crippen LogP) is 1.59. The van der Waals surface area contributed by atoms with E-state index in [2.05, 4.69) is 9.97 Å². The van der Waals surface area contributed by atoms with Crippen LogP contribution in [0.3, 0.4) is 0 Å². The van der Waals surface area contributed by atoms with Gasteiger partial charge in [-0.25, -0.2) is 14.8 Å². The highest BCUT2D eigenvalue weighted by Gasteiger charge is 2.10. The number of nitrogen functional groups attached to an aromatic ring is 1. The van der Waals surface area contributed by atoms with E-state index >= 15 is 0 Å². The van der Waals surface area contributed by atoms with Gasteiger partial charge in [-0.2, -0.15) is 0 Å². The number of hydrogen-bond donors (Lipinski definition) is 1. The molecule has 0 fully saturated rings. The first-order valence-electron chi connectivity index (χ1n) is 5.02. The summed E-state index contributed by atoms with van der Waals surface area (Å²) in [7, 11) is 0. The highest BCUT2D eigenvalue weighted by Crippen LogP contribution is 2.14. The quantitative estimate of drug-likeness (QED) is 0.625. The monoisotopic (exact) mass is 229 g/mol. The van der Waals surface area contributed by atoms with Crippen LogP contribution in [0.2, 0.25) is 0 Å². The van der Waals surface area contributed by atoms with Gasteiger partial charge in [0.25, 0.3) is 0 Å². The van der Waals surface area contributed by atoms with Crippen molar-refractivity contribution in [2.45, 2.75) is 6.92 Å². The summed E-state index contributed by atoms with van der Waals surface area (Å²) in [5.74, 6) is -0.0272. The molecule has 0 saturated carbocycles. The van der Waals surface area contributed by atoms with Crippen molar-refractivity contribution < 1.29 is 9.53 Å². The number of ether oxygens (including phenoxy) is 1. The first-order chi connectivity index (χ1) is 8.15. The Bertz CT molecular complexity index is 555. The van der Waals surface area contributed by atoms with Crippen LogP contribution in [-0.4, -0.2) is 15.9 Å². The summed E-state index contributed by atoms with van der Waals surface area (Å²) in [5, 5.41) is 0. The van der Waals surface area contributed by atoms with E-state index in [1.54, 1.807) is 12.1 Å². The Morgan fingerprint density at radius 3 is 2.88 bits per heavy atom. The summed E-state index contributed by atoms with van der Waals surface area (Å²) < 4.78 is 5.15. The van der Waals surface area contributed by atoms with Crippen molar-refractivity contribution in [1.82, 2.24) is 9.97 Å². The van der Waals surface area contributed by atoms with Gasteiger partial charge in [-0.1, -0.05) is 12.1 Å². The average molecular weight is 229 g/mol. The maximum absolute atomic E-state index is 11.7. The molecule has 86 valence electrons. The van der Waals surface area contributed by atoms with Gasteiger partial charge in [0.05, 0.1) is 0 Å². The minimum atomic E-state index is -0.551. The fraction of sp³-hybridized carbons (Fsp3) is 0.0833. The van der Waals surface area contributed by atoms with Gasteiger partial charge < -0.3 is 10.5 Å². The lowest BCUT2D eigenvalue weighted by Gasteiger charge is -2.04. The lowest BCUT2D eigenvalue weighted by Crippen LogP contribution is -2.12. The van der Waals surface area contributed by atoms with Gasteiger partial charge >= 0.3 is 5.97 Å². The van der Waals surface area contributed by atoms with E-state index in [-0.39, 0.29) is 11.6 Å². The number of benzene rings is 1. The smallest absolute Gasteiger partial charge is 0.362 e. The topological polar surface area (TPSA) is 78.1 Å². The largest absolute Gasteiger partial charge is 0.422 e. The molecule has 17 heavy (non-hydrogen) atoms. The predicted molar refractivity (Wildman–Crippen MR) is 62.6 cm³/mol. The van der Waals surface area contributed by atoms with Gasteiger partial charge in [0.1, 0.15) is 5.75 Å². The summed E-state index contributed by atoms with van der Waals surface area (Å²) in [6, 6.07) is 8.65. The van der Waals surface area contributed by atoms with E-state index in [0.29, 0.717) is 5.75 Å². The Morgan fingerprint density at radius 1 is 1.35 bits per heavy atom. The van der Waals surface area contributed by atoms with Crippen molar-refractivity contribution in [1.29, 1.82) is 0 Å². The molecular formula is C12H11N3O2.